The Hall–Kier alpha value is -2.06. The molecule has 0 atom stereocenters. The number of halogens is 2. The van der Waals surface area contributed by atoms with Gasteiger partial charge in [0.1, 0.15) is 29.0 Å². The van der Waals surface area contributed by atoms with Crippen molar-refractivity contribution in [2.45, 2.75) is 0 Å². The summed E-state index contributed by atoms with van der Waals surface area (Å²) in [7, 11) is 0. The minimum Gasteiger partial charge on any atom is -0.383 e. The van der Waals surface area contributed by atoms with Crippen LogP contribution in [0.3, 0.4) is 0 Å². The van der Waals surface area contributed by atoms with E-state index >= 15 is 0 Å². The van der Waals surface area contributed by atoms with Gasteiger partial charge in [-0.15, -0.1) is 0 Å². The molecule has 0 spiro atoms. The standard InChI is InChI=1S/C10H6ClFN4/c11-7-3-5(1-2-8(7)12)9-6(4-13)10(14)16-15-9/h1-3H,(H3,14,15,16). The van der Waals surface area contributed by atoms with Crippen LogP contribution in [0.25, 0.3) is 11.3 Å². The van der Waals surface area contributed by atoms with Crippen LogP contribution in [0.2, 0.25) is 5.02 Å². The molecule has 2 rings (SSSR count). The van der Waals surface area contributed by atoms with Crippen molar-refractivity contribution < 1.29 is 4.39 Å². The van der Waals surface area contributed by atoms with Crippen LogP contribution in [0, 0.1) is 17.1 Å². The van der Waals surface area contributed by atoms with Gasteiger partial charge in [-0.3, -0.25) is 5.10 Å². The number of anilines is 1. The molecule has 0 saturated carbocycles. The van der Waals surface area contributed by atoms with Gasteiger partial charge >= 0.3 is 0 Å². The first-order valence-corrected chi connectivity index (χ1v) is 4.70. The second-order valence-electron chi connectivity index (χ2n) is 3.10. The summed E-state index contributed by atoms with van der Waals surface area (Å²) in [6.45, 7) is 0. The number of H-pyrrole nitrogens is 1. The predicted molar refractivity (Wildman–Crippen MR) is 58.1 cm³/mol. The highest BCUT2D eigenvalue weighted by atomic mass is 35.5. The maximum absolute atomic E-state index is 13.0. The lowest BCUT2D eigenvalue weighted by Gasteiger charge is -1.99. The van der Waals surface area contributed by atoms with Gasteiger partial charge in [0.05, 0.1) is 5.02 Å². The summed E-state index contributed by atoms with van der Waals surface area (Å²) in [5.74, 6) is -0.342. The minimum absolute atomic E-state index is 0.0250. The van der Waals surface area contributed by atoms with Crippen LogP contribution < -0.4 is 5.73 Å². The molecule has 1 aromatic carbocycles. The fraction of sp³-hybridized carbons (Fsp3) is 0. The van der Waals surface area contributed by atoms with Crippen LogP contribution in [0.15, 0.2) is 18.2 Å². The molecule has 0 amide bonds. The Bertz CT molecular complexity index is 585. The van der Waals surface area contributed by atoms with E-state index in [2.05, 4.69) is 10.2 Å². The number of rotatable bonds is 1. The van der Waals surface area contributed by atoms with E-state index in [1.54, 1.807) is 0 Å². The molecule has 80 valence electrons. The van der Waals surface area contributed by atoms with Crippen LogP contribution in [0.5, 0.6) is 0 Å². The number of benzene rings is 1. The van der Waals surface area contributed by atoms with Gasteiger partial charge < -0.3 is 5.73 Å². The number of hydrogen-bond donors (Lipinski definition) is 2. The first-order valence-electron chi connectivity index (χ1n) is 4.33. The average Bonchev–Trinajstić information content (AvgIpc) is 2.63. The van der Waals surface area contributed by atoms with E-state index in [-0.39, 0.29) is 16.4 Å². The Morgan fingerprint density at radius 3 is 2.88 bits per heavy atom. The summed E-state index contributed by atoms with van der Waals surface area (Å²) in [6, 6.07) is 6.01. The van der Waals surface area contributed by atoms with Gasteiger partial charge in [-0.05, 0) is 18.2 Å². The zero-order valence-electron chi connectivity index (χ0n) is 7.96. The molecule has 3 N–H and O–H groups in total. The van der Waals surface area contributed by atoms with Gasteiger partial charge in [-0.25, -0.2) is 4.39 Å². The SMILES string of the molecule is N#Cc1c(-c2ccc(F)c(Cl)c2)n[nH]c1N. The third kappa shape index (κ3) is 1.59. The van der Waals surface area contributed by atoms with Crippen molar-refractivity contribution in [2.75, 3.05) is 5.73 Å². The Morgan fingerprint density at radius 1 is 1.50 bits per heavy atom. The number of nitrogen functional groups attached to an aromatic ring is 1. The highest BCUT2D eigenvalue weighted by molar-refractivity contribution is 6.31. The monoisotopic (exact) mass is 236 g/mol. The first-order chi connectivity index (χ1) is 7.63. The summed E-state index contributed by atoms with van der Waals surface area (Å²) in [6.07, 6.45) is 0. The summed E-state index contributed by atoms with van der Waals surface area (Å²) < 4.78 is 13.0. The molecule has 0 radical (unpaired) electrons. The third-order valence-corrected chi connectivity index (χ3v) is 2.39. The van der Waals surface area contributed by atoms with Crippen molar-refractivity contribution >= 4 is 17.4 Å². The van der Waals surface area contributed by atoms with Crippen molar-refractivity contribution in [1.29, 1.82) is 5.26 Å². The lowest BCUT2D eigenvalue weighted by atomic mass is 10.1. The van der Waals surface area contributed by atoms with Crippen molar-refractivity contribution in [1.82, 2.24) is 10.2 Å². The smallest absolute Gasteiger partial charge is 0.141 e. The van der Waals surface area contributed by atoms with Crippen molar-refractivity contribution in [2.24, 2.45) is 0 Å². The number of nitrogens with zero attached hydrogens (tertiary/aromatic N) is 2. The van der Waals surface area contributed by atoms with Gasteiger partial charge in [-0.2, -0.15) is 10.4 Å². The largest absolute Gasteiger partial charge is 0.383 e. The van der Waals surface area contributed by atoms with Crippen LogP contribution >= 0.6 is 11.6 Å². The van der Waals surface area contributed by atoms with E-state index in [0.29, 0.717) is 11.3 Å². The Balaban J connectivity index is 2.60. The van der Waals surface area contributed by atoms with Gasteiger partial charge in [0.25, 0.3) is 0 Å². The molecule has 1 heterocycles. The van der Waals surface area contributed by atoms with E-state index < -0.39 is 5.82 Å². The fourth-order valence-electron chi connectivity index (χ4n) is 1.32. The number of hydrogen-bond acceptors (Lipinski definition) is 3. The lowest BCUT2D eigenvalue weighted by molar-refractivity contribution is 0.628. The number of nitrogens with two attached hydrogens (primary N) is 1. The molecule has 0 aliphatic rings. The quantitative estimate of drug-likeness (QED) is 0.798. The van der Waals surface area contributed by atoms with E-state index in [1.807, 2.05) is 6.07 Å². The van der Waals surface area contributed by atoms with E-state index in [4.69, 9.17) is 22.6 Å². The predicted octanol–water partition coefficient (Wildman–Crippen LogP) is 2.32. The maximum Gasteiger partial charge on any atom is 0.141 e. The molecule has 6 heteroatoms. The molecule has 0 saturated heterocycles. The second kappa shape index (κ2) is 3.83. The molecule has 0 aliphatic heterocycles. The second-order valence-corrected chi connectivity index (χ2v) is 3.51. The molecular weight excluding hydrogens is 231 g/mol. The number of nitrogens with one attached hydrogen (secondary N) is 1. The average molecular weight is 237 g/mol. The van der Waals surface area contributed by atoms with E-state index in [0.717, 1.165) is 0 Å². The summed E-state index contributed by atoms with van der Waals surface area (Å²) >= 11 is 5.64. The van der Waals surface area contributed by atoms with Gasteiger partial charge in [0.2, 0.25) is 0 Å². The molecule has 16 heavy (non-hydrogen) atoms. The summed E-state index contributed by atoms with van der Waals surface area (Å²) in [4.78, 5) is 0. The molecule has 0 unspecified atom stereocenters. The van der Waals surface area contributed by atoms with Crippen LogP contribution in [0.1, 0.15) is 5.56 Å². The Labute approximate surface area is 95.5 Å². The van der Waals surface area contributed by atoms with Crippen molar-refractivity contribution in [3.8, 4) is 17.3 Å². The highest BCUT2D eigenvalue weighted by Crippen LogP contribution is 2.27. The molecule has 1 aromatic heterocycles. The van der Waals surface area contributed by atoms with Crippen LogP contribution in [0.4, 0.5) is 10.2 Å². The van der Waals surface area contributed by atoms with Crippen molar-refractivity contribution in [3.05, 3.63) is 34.6 Å². The van der Waals surface area contributed by atoms with Crippen LogP contribution in [-0.4, -0.2) is 10.2 Å². The molecule has 0 fully saturated rings. The molecule has 4 nitrogen and oxygen atoms in total. The zero-order chi connectivity index (χ0) is 11.7. The Kier molecular flexibility index (Phi) is 2.50. The number of nitriles is 1. The summed E-state index contributed by atoms with van der Waals surface area (Å²) in [5.41, 5.74) is 6.64. The molecular formula is C10H6ClFN4. The lowest BCUT2D eigenvalue weighted by Crippen LogP contribution is -1.88. The molecule has 0 aliphatic carbocycles. The fourth-order valence-corrected chi connectivity index (χ4v) is 1.50. The van der Waals surface area contributed by atoms with Gasteiger partial charge in [0, 0.05) is 5.56 Å². The number of aromatic nitrogens is 2. The van der Waals surface area contributed by atoms with E-state index in [9.17, 15) is 4.39 Å². The number of aromatic amines is 1. The minimum atomic E-state index is -0.521. The zero-order valence-corrected chi connectivity index (χ0v) is 8.72. The third-order valence-electron chi connectivity index (χ3n) is 2.10. The Morgan fingerprint density at radius 2 is 2.25 bits per heavy atom. The van der Waals surface area contributed by atoms with Gasteiger partial charge in [-0.1, -0.05) is 11.6 Å². The van der Waals surface area contributed by atoms with Gasteiger partial charge in [0.15, 0.2) is 0 Å². The van der Waals surface area contributed by atoms with Crippen molar-refractivity contribution in [3.63, 3.8) is 0 Å². The first kappa shape index (κ1) is 10.5. The normalized spacial score (nSPS) is 10.1. The van der Waals surface area contributed by atoms with Crippen LogP contribution in [-0.2, 0) is 0 Å². The topological polar surface area (TPSA) is 78.5 Å². The van der Waals surface area contributed by atoms with E-state index in [1.165, 1.54) is 18.2 Å². The maximum atomic E-state index is 13.0. The molecule has 2 aromatic rings. The molecule has 0 bridgehead atoms. The highest BCUT2D eigenvalue weighted by Gasteiger charge is 2.13. The summed E-state index contributed by atoms with van der Waals surface area (Å²) in [5, 5.41) is 15.2.